The summed E-state index contributed by atoms with van der Waals surface area (Å²) in [5.74, 6) is 1.40. The maximum absolute atomic E-state index is 6.22. The summed E-state index contributed by atoms with van der Waals surface area (Å²) in [6.07, 6.45) is 3.87. The molecule has 2 heterocycles. The average Bonchev–Trinajstić information content (AvgIpc) is 2.67. The molecule has 0 atom stereocenters. The summed E-state index contributed by atoms with van der Waals surface area (Å²) in [5.41, 5.74) is 11.6. The molecule has 2 aromatic carbocycles. The van der Waals surface area contributed by atoms with Gasteiger partial charge in [-0.1, -0.05) is 24.3 Å². The van der Waals surface area contributed by atoms with E-state index in [2.05, 4.69) is 53.3 Å². The number of pyridine rings is 2. The van der Waals surface area contributed by atoms with Gasteiger partial charge >= 0.3 is 0 Å². The Balaban J connectivity index is 1.68. The Morgan fingerprint density at radius 3 is 2.54 bits per heavy atom. The number of anilines is 1. The lowest BCUT2D eigenvalue weighted by atomic mass is 9.98. The van der Waals surface area contributed by atoms with Crippen LogP contribution in [0, 0.1) is 6.92 Å². The predicted octanol–water partition coefficient (Wildman–Crippen LogP) is 5.25. The molecule has 0 unspecified atom stereocenters. The maximum Gasteiger partial charge on any atom is 0.150 e. The van der Waals surface area contributed by atoms with Crippen LogP contribution in [0.15, 0.2) is 54.7 Å². The van der Waals surface area contributed by atoms with Crippen molar-refractivity contribution in [1.29, 1.82) is 0 Å². The Kier molecular flexibility index (Phi) is 4.86. The van der Waals surface area contributed by atoms with Gasteiger partial charge in [0, 0.05) is 17.0 Å². The number of aryl methyl sites for hydroxylation is 3. The molecule has 4 heteroatoms. The largest absolute Gasteiger partial charge is 0.491 e. The molecule has 28 heavy (non-hydrogen) atoms. The Labute approximate surface area is 165 Å². The fourth-order valence-corrected chi connectivity index (χ4v) is 3.62. The van der Waals surface area contributed by atoms with Crippen molar-refractivity contribution in [3.63, 3.8) is 0 Å². The Morgan fingerprint density at radius 1 is 1.00 bits per heavy atom. The fourth-order valence-electron chi connectivity index (χ4n) is 3.62. The number of ether oxygens (including phenoxy) is 1. The van der Waals surface area contributed by atoms with E-state index in [0.717, 1.165) is 40.4 Å². The Hall–Kier alpha value is -3.14. The second kappa shape index (κ2) is 7.47. The topological polar surface area (TPSA) is 61.0 Å². The molecule has 0 saturated carbocycles. The number of benzene rings is 2. The van der Waals surface area contributed by atoms with Gasteiger partial charge in [-0.15, -0.1) is 0 Å². The van der Waals surface area contributed by atoms with E-state index in [4.69, 9.17) is 10.5 Å². The van der Waals surface area contributed by atoms with Gasteiger partial charge in [-0.2, -0.15) is 0 Å². The average molecular weight is 371 g/mol. The minimum absolute atomic E-state index is 0.185. The first-order valence-electron chi connectivity index (χ1n) is 9.70. The second-order valence-corrected chi connectivity index (χ2v) is 7.52. The van der Waals surface area contributed by atoms with Crippen molar-refractivity contribution in [3.05, 3.63) is 71.4 Å². The molecule has 0 spiro atoms. The van der Waals surface area contributed by atoms with Crippen LogP contribution in [0.4, 0.5) is 5.82 Å². The summed E-state index contributed by atoms with van der Waals surface area (Å²) in [5, 5.41) is 2.23. The second-order valence-electron chi connectivity index (χ2n) is 7.52. The molecule has 0 amide bonds. The number of hydrogen-bond acceptors (Lipinski definition) is 4. The van der Waals surface area contributed by atoms with Crippen molar-refractivity contribution in [2.75, 3.05) is 5.73 Å². The van der Waals surface area contributed by atoms with E-state index in [1.165, 1.54) is 16.7 Å². The summed E-state index contributed by atoms with van der Waals surface area (Å²) in [6.45, 7) is 6.14. The van der Waals surface area contributed by atoms with Crippen LogP contribution in [0.5, 0.6) is 5.75 Å². The van der Waals surface area contributed by atoms with E-state index in [9.17, 15) is 0 Å². The third-order valence-electron chi connectivity index (χ3n) is 4.92. The normalized spacial score (nSPS) is 11.4. The molecule has 2 aromatic heterocycles. The van der Waals surface area contributed by atoms with Crippen LogP contribution >= 0.6 is 0 Å². The Morgan fingerprint density at radius 2 is 1.79 bits per heavy atom. The van der Waals surface area contributed by atoms with Crippen molar-refractivity contribution in [2.45, 2.75) is 39.7 Å². The molecular formula is C24H25N3O. The molecule has 0 radical (unpaired) electrons. The van der Waals surface area contributed by atoms with Crippen molar-refractivity contribution < 1.29 is 4.74 Å². The highest BCUT2D eigenvalue weighted by atomic mass is 16.5. The molecular weight excluding hydrogens is 346 g/mol. The van der Waals surface area contributed by atoms with Crippen LogP contribution in [-0.2, 0) is 12.8 Å². The van der Waals surface area contributed by atoms with Crippen molar-refractivity contribution in [1.82, 2.24) is 9.97 Å². The van der Waals surface area contributed by atoms with Crippen molar-refractivity contribution in [3.8, 4) is 5.75 Å². The van der Waals surface area contributed by atoms with Gasteiger partial charge in [-0.3, -0.25) is 4.98 Å². The molecule has 4 aromatic rings. The number of nitrogens with zero attached hydrogens (tertiary/aromatic N) is 2. The van der Waals surface area contributed by atoms with E-state index in [1.54, 1.807) is 0 Å². The summed E-state index contributed by atoms with van der Waals surface area (Å²) >= 11 is 0. The lowest BCUT2D eigenvalue weighted by Crippen LogP contribution is -2.05. The predicted molar refractivity (Wildman–Crippen MR) is 116 cm³/mol. The molecule has 0 fully saturated rings. The van der Waals surface area contributed by atoms with Gasteiger partial charge in [-0.25, -0.2) is 4.98 Å². The van der Waals surface area contributed by atoms with Gasteiger partial charge < -0.3 is 10.5 Å². The third-order valence-corrected chi connectivity index (χ3v) is 4.92. The number of rotatable bonds is 5. The fraction of sp³-hybridized carbons (Fsp3) is 0.250. The van der Waals surface area contributed by atoms with Gasteiger partial charge in [0.25, 0.3) is 0 Å². The van der Waals surface area contributed by atoms with Gasteiger partial charge in [0.15, 0.2) is 5.82 Å². The van der Waals surface area contributed by atoms with Crippen molar-refractivity contribution >= 4 is 27.6 Å². The lowest BCUT2D eigenvalue weighted by molar-refractivity contribution is 0.242. The number of hydrogen-bond donors (Lipinski definition) is 1. The summed E-state index contributed by atoms with van der Waals surface area (Å²) in [6, 6.07) is 16.8. The molecule has 0 aliphatic heterocycles. The number of nitrogen functional groups attached to an aromatic ring is 1. The first-order chi connectivity index (χ1) is 13.5. The maximum atomic E-state index is 6.22. The monoisotopic (exact) mass is 371 g/mol. The van der Waals surface area contributed by atoms with Gasteiger partial charge in [0.05, 0.1) is 11.6 Å². The minimum atomic E-state index is 0.185. The van der Waals surface area contributed by atoms with E-state index < -0.39 is 0 Å². The molecule has 0 aliphatic rings. The third kappa shape index (κ3) is 3.63. The summed E-state index contributed by atoms with van der Waals surface area (Å²) in [7, 11) is 0. The zero-order valence-electron chi connectivity index (χ0n) is 16.6. The zero-order chi connectivity index (χ0) is 19.7. The van der Waals surface area contributed by atoms with Crippen LogP contribution in [0.3, 0.4) is 0 Å². The van der Waals surface area contributed by atoms with Crippen molar-refractivity contribution in [2.24, 2.45) is 0 Å². The lowest BCUT2D eigenvalue weighted by Gasteiger charge is -2.12. The zero-order valence-corrected chi connectivity index (χ0v) is 16.6. The van der Waals surface area contributed by atoms with E-state index >= 15 is 0 Å². The molecule has 2 N–H and O–H groups in total. The van der Waals surface area contributed by atoms with Crippen LogP contribution in [0.1, 0.15) is 30.5 Å². The van der Waals surface area contributed by atoms with Gasteiger partial charge in [-0.05, 0) is 74.6 Å². The van der Waals surface area contributed by atoms with Gasteiger partial charge in [0.1, 0.15) is 11.3 Å². The molecule has 0 aliphatic carbocycles. The van der Waals surface area contributed by atoms with Crippen LogP contribution in [-0.4, -0.2) is 16.1 Å². The Bertz CT molecular complexity index is 1130. The summed E-state index contributed by atoms with van der Waals surface area (Å²) < 4.78 is 5.73. The summed E-state index contributed by atoms with van der Waals surface area (Å²) in [4.78, 5) is 9.06. The van der Waals surface area contributed by atoms with Crippen LogP contribution in [0.2, 0.25) is 0 Å². The number of aromatic nitrogens is 2. The number of nitrogens with two attached hydrogens (primary N) is 1. The standard InChI is InChI=1S/C24H25N3O/c1-15(2)28-19-9-6-17(7-10-19)5-8-18-12-13-26-23-22(18)20-11-4-16(3)14-21(20)27-24(23)25/h4,6-7,9-15H,5,8H2,1-3H3,(H2,25,27). The number of fused-ring (bicyclic) bond motifs is 3. The van der Waals surface area contributed by atoms with Crippen LogP contribution in [0.25, 0.3) is 21.8 Å². The van der Waals surface area contributed by atoms with Gasteiger partial charge in [0.2, 0.25) is 0 Å². The minimum Gasteiger partial charge on any atom is -0.491 e. The quantitative estimate of drug-likeness (QED) is 0.487. The van der Waals surface area contributed by atoms with E-state index in [1.807, 2.05) is 32.2 Å². The first kappa shape index (κ1) is 18.2. The van der Waals surface area contributed by atoms with Crippen LogP contribution < -0.4 is 10.5 Å². The molecule has 4 rings (SSSR count). The highest BCUT2D eigenvalue weighted by Gasteiger charge is 2.12. The highest BCUT2D eigenvalue weighted by molar-refractivity contribution is 6.09. The first-order valence-corrected chi connectivity index (χ1v) is 9.70. The highest BCUT2D eigenvalue weighted by Crippen LogP contribution is 2.30. The van der Waals surface area contributed by atoms with E-state index in [-0.39, 0.29) is 6.10 Å². The molecule has 4 nitrogen and oxygen atoms in total. The molecule has 0 bridgehead atoms. The molecule has 142 valence electrons. The van der Waals surface area contributed by atoms with E-state index in [0.29, 0.717) is 5.82 Å². The smallest absolute Gasteiger partial charge is 0.150 e. The SMILES string of the molecule is Cc1ccc2c(c1)nc(N)c1nccc(CCc3ccc(OC(C)C)cc3)c12. The molecule has 0 saturated heterocycles.